The first-order valence-electron chi connectivity index (χ1n) is 9.81. The molecule has 0 radical (unpaired) electrons. The Morgan fingerprint density at radius 3 is 2.68 bits per heavy atom. The SMILES string of the molecule is COc1cc(N(C)CCO)ccc1C=C1C(=O)N(C2CCCCC2)C(=S)N1C. The molecule has 0 spiro atoms. The summed E-state index contributed by atoms with van der Waals surface area (Å²) < 4.78 is 5.56. The number of anilines is 1. The van der Waals surface area contributed by atoms with Crippen LogP contribution in [0.2, 0.25) is 0 Å². The van der Waals surface area contributed by atoms with E-state index in [1.807, 2.05) is 43.3 Å². The second kappa shape index (κ2) is 8.92. The normalized spacial score (nSPS) is 19.6. The highest BCUT2D eigenvalue weighted by atomic mass is 32.1. The molecule has 6 nitrogen and oxygen atoms in total. The van der Waals surface area contributed by atoms with E-state index < -0.39 is 0 Å². The highest BCUT2D eigenvalue weighted by Gasteiger charge is 2.40. The molecule has 152 valence electrons. The van der Waals surface area contributed by atoms with Crippen molar-refractivity contribution in [1.29, 1.82) is 0 Å². The van der Waals surface area contributed by atoms with Crippen molar-refractivity contribution in [2.24, 2.45) is 0 Å². The zero-order valence-electron chi connectivity index (χ0n) is 16.9. The van der Waals surface area contributed by atoms with Gasteiger partial charge in [-0.2, -0.15) is 0 Å². The summed E-state index contributed by atoms with van der Waals surface area (Å²) in [5.74, 6) is 0.654. The number of carbonyl (C=O) groups is 1. The molecule has 1 aromatic carbocycles. The van der Waals surface area contributed by atoms with Crippen molar-refractivity contribution in [3.8, 4) is 5.75 Å². The Morgan fingerprint density at radius 2 is 2.04 bits per heavy atom. The summed E-state index contributed by atoms with van der Waals surface area (Å²) in [6.07, 6.45) is 7.42. The highest BCUT2D eigenvalue weighted by Crippen LogP contribution is 2.33. The fraction of sp³-hybridized carbons (Fsp3) is 0.524. The Labute approximate surface area is 172 Å². The van der Waals surface area contributed by atoms with Gasteiger partial charge in [-0.3, -0.25) is 9.69 Å². The molecule has 1 aromatic rings. The number of benzene rings is 1. The molecule has 1 aliphatic carbocycles. The van der Waals surface area contributed by atoms with Crippen LogP contribution in [0.1, 0.15) is 37.7 Å². The predicted molar refractivity (Wildman–Crippen MR) is 115 cm³/mol. The predicted octanol–water partition coefficient (Wildman–Crippen LogP) is 2.86. The minimum Gasteiger partial charge on any atom is -0.496 e. The van der Waals surface area contributed by atoms with Crippen molar-refractivity contribution in [3.63, 3.8) is 0 Å². The molecule has 1 heterocycles. The summed E-state index contributed by atoms with van der Waals surface area (Å²) >= 11 is 5.59. The van der Waals surface area contributed by atoms with E-state index in [2.05, 4.69) is 0 Å². The first-order chi connectivity index (χ1) is 13.5. The van der Waals surface area contributed by atoms with Crippen LogP contribution in [-0.2, 0) is 4.79 Å². The Hall–Kier alpha value is -2.12. The van der Waals surface area contributed by atoms with Crippen LogP contribution >= 0.6 is 12.2 Å². The minimum absolute atomic E-state index is 0.0251. The topological polar surface area (TPSA) is 56.3 Å². The number of nitrogens with zero attached hydrogens (tertiary/aromatic N) is 3. The van der Waals surface area contributed by atoms with E-state index in [9.17, 15) is 4.79 Å². The number of likely N-dealkylation sites (N-methyl/N-ethyl adjacent to an activating group) is 2. The lowest BCUT2D eigenvalue weighted by Gasteiger charge is -2.30. The maximum absolute atomic E-state index is 13.1. The van der Waals surface area contributed by atoms with Crippen LogP contribution < -0.4 is 9.64 Å². The first-order valence-corrected chi connectivity index (χ1v) is 10.2. The smallest absolute Gasteiger partial charge is 0.277 e. The van der Waals surface area contributed by atoms with Gasteiger partial charge >= 0.3 is 0 Å². The van der Waals surface area contributed by atoms with Gasteiger partial charge in [-0.15, -0.1) is 0 Å². The summed E-state index contributed by atoms with van der Waals surface area (Å²) in [6.45, 7) is 0.619. The Morgan fingerprint density at radius 1 is 1.32 bits per heavy atom. The van der Waals surface area contributed by atoms with Gasteiger partial charge in [-0.1, -0.05) is 19.3 Å². The first kappa shape index (κ1) is 20.6. The standard InChI is InChI=1S/C21H29N3O3S/c1-22(11-12-25)17-10-9-15(19(14-17)27-3)13-18-20(26)24(21(28)23(18)2)16-7-5-4-6-8-16/h9-10,13-14,16,25H,4-8,11-12H2,1-3H3. The van der Waals surface area contributed by atoms with Crippen molar-refractivity contribution in [2.75, 3.05) is 39.3 Å². The third-order valence-electron chi connectivity index (χ3n) is 5.62. The Kier molecular flexibility index (Phi) is 6.57. The zero-order valence-corrected chi connectivity index (χ0v) is 17.7. The molecule has 0 unspecified atom stereocenters. The van der Waals surface area contributed by atoms with Crippen LogP contribution in [0.5, 0.6) is 5.75 Å². The molecule has 1 saturated heterocycles. The number of amides is 1. The number of thiocarbonyl (C=S) groups is 1. The quantitative estimate of drug-likeness (QED) is 0.582. The maximum atomic E-state index is 13.1. The molecule has 1 saturated carbocycles. The van der Waals surface area contributed by atoms with Crippen molar-refractivity contribution in [1.82, 2.24) is 9.80 Å². The van der Waals surface area contributed by atoms with Crippen LogP contribution in [0.4, 0.5) is 5.69 Å². The monoisotopic (exact) mass is 403 g/mol. The molecule has 1 aliphatic heterocycles. The van der Waals surface area contributed by atoms with E-state index in [1.165, 1.54) is 6.42 Å². The molecule has 28 heavy (non-hydrogen) atoms. The van der Waals surface area contributed by atoms with E-state index in [0.29, 0.717) is 23.1 Å². The van der Waals surface area contributed by atoms with Crippen LogP contribution in [0.15, 0.2) is 23.9 Å². The molecule has 2 aliphatic rings. The summed E-state index contributed by atoms with van der Waals surface area (Å²) in [7, 11) is 5.38. The number of aliphatic hydroxyl groups is 1. The number of carbonyl (C=O) groups excluding carboxylic acids is 1. The van der Waals surface area contributed by atoms with Gasteiger partial charge in [0.2, 0.25) is 0 Å². The number of rotatable bonds is 6. The minimum atomic E-state index is -0.0251. The van der Waals surface area contributed by atoms with Gasteiger partial charge < -0.3 is 19.6 Å². The summed E-state index contributed by atoms with van der Waals surface area (Å²) in [5, 5.41) is 9.73. The van der Waals surface area contributed by atoms with Crippen LogP contribution in [-0.4, -0.2) is 66.3 Å². The number of hydrogen-bond acceptors (Lipinski definition) is 5. The molecule has 0 bridgehead atoms. The number of aliphatic hydroxyl groups excluding tert-OH is 1. The summed E-state index contributed by atoms with van der Waals surface area (Å²) in [6, 6.07) is 6.01. The summed E-state index contributed by atoms with van der Waals surface area (Å²) in [4.78, 5) is 18.7. The van der Waals surface area contributed by atoms with Crippen LogP contribution in [0, 0.1) is 0 Å². The molecule has 0 atom stereocenters. The number of hydrogen-bond donors (Lipinski definition) is 1. The molecule has 7 heteroatoms. The largest absolute Gasteiger partial charge is 0.496 e. The van der Waals surface area contributed by atoms with Gasteiger partial charge in [0.05, 0.1) is 13.7 Å². The van der Waals surface area contributed by atoms with Gasteiger partial charge in [0.15, 0.2) is 5.11 Å². The second-order valence-electron chi connectivity index (χ2n) is 7.41. The number of methoxy groups -OCH3 is 1. The molecule has 2 fully saturated rings. The lowest BCUT2D eigenvalue weighted by molar-refractivity contribution is -0.124. The maximum Gasteiger partial charge on any atom is 0.277 e. The fourth-order valence-corrected chi connectivity index (χ4v) is 4.25. The molecule has 3 rings (SSSR count). The van der Waals surface area contributed by atoms with Gasteiger partial charge in [0, 0.05) is 44.0 Å². The third-order valence-corrected chi connectivity index (χ3v) is 6.09. The molecular formula is C21H29N3O3S. The third kappa shape index (κ3) is 4.00. The van der Waals surface area contributed by atoms with E-state index >= 15 is 0 Å². The van der Waals surface area contributed by atoms with E-state index in [-0.39, 0.29) is 18.6 Å². The number of ether oxygens (including phenoxy) is 1. The van der Waals surface area contributed by atoms with Crippen molar-refractivity contribution >= 4 is 35.0 Å². The average Bonchev–Trinajstić information content (AvgIpc) is 2.92. The van der Waals surface area contributed by atoms with E-state index in [4.69, 9.17) is 22.1 Å². The van der Waals surface area contributed by atoms with Gasteiger partial charge in [0.25, 0.3) is 5.91 Å². The Balaban J connectivity index is 1.89. The van der Waals surface area contributed by atoms with Crippen molar-refractivity contribution < 1.29 is 14.6 Å². The van der Waals surface area contributed by atoms with Gasteiger partial charge in [0.1, 0.15) is 11.4 Å². The zero-order chi connectivity index (χ0) is 20.3. The van der Waals surface area contributed by atoms with E-state index in [0.717, 1.165) is 36.9 Å². The molecule has 1 N–H and O–H groups in total. The van der Waals surface area contributed by atoms with Gasteiger partial charge in [-0.05, 0) is 43.3 Å². The molecular weight excluding hydrogens is 374 g/mol. The van der Waals surface area contributed by atoms with Crippen molar-refractivity contribution in [2.45, 2.75) is 38.1 Å². The lowest BCUT2D eigenvalue weighted by atomic mass is 9.94. The Bertz CT molecular complexity index is 774. The van der Waals surface area contributed by atoms with E-state index in [1.54, 1.807) is 16.9 Å². The lowest BCUT2D eigenvalue weighted by Crippen LogP contribution is -2.41. The van der Waals surface area contributed by atoms with Gasteiger partial charge in [-0.25, -0.2) is 0 Å². The fourth-order valence-electron chi connectivity index (χ4n) is 3.92. The summed E-state index contributed by atoms with van der Waals surface area (Å²) in [5.41, 5.74) is 2.34. The van der Waals surface area contributed by atoms with Crippen molar-refractivity contribution in [3.05, 3.63) is 29.5 Å². The van der Waals surface area contributed by atoms with Crippen LogP contribution in [0.3, 0.4) is 0 Å². The highest BCUT2D eigenvalue weighted by molar-refractivity contribution is 7.80. The average molecular weight is 404 g/mol. The molecule has 1 amide bonds. The van der Waals surface area contributed by atoms with Crippen LogP contribution in [0.25, 0.3) is 6.08 Å². The second-order valence-corrected chi connectivity index (χ2v) is 7.77. The molecule has 0 aromatic heterocycles.